The Morgan fingerprint density at radius 3 is 2.62 bits per heavy atom. The van der Waals surface area contributed by atoms with Gasteiger partial charge in [0.2, 0.25) is 10.0 Å². The molecular weight excluding hydrogens is 260 g/mol. The van der Waals surface area contributed by atoms with Gasteiger partial charge in [0.15, 0.2) is 0 Å². The van der Waals surface area contributed by atoms with E-state index in [0.717, 1.165) is 11.3 Å². The molecular formula is C8H11F2NO3S2. The van der Waals surface area contributed by atoms with Crippen molar-refractivity contribution < 1.29 is 22.3 Å². The van der Waals surface area contributed by atoms with Crippen LogP contribution in [-0.4, -0.2) is 26.5 Å². The number of nitrogens with one attached hydrogen (secondary N) is 1. The van der Waals surface area contributed by atoms with E-state index in [1.807, 2.05) is 0 Å². The van der Waals surface area contributed by atoms with Gasteiger partial charge in [0.25, 0.3) is 6.43 Å². The zero-order valence-electron chi connectivity index (χ0n) is 8.41. The molecule has 0 spiro atoms. The van der Waals surface area contributed by atoms with Gasteiger partial charge < -0.3 is 5.11 Å². The zero-order chi connectivity index (χ0) is 12.3. The first-order chi connectivity index (χ1) is 7.36. The smallest absolute Gasteiger partial charge is 0.251 e. The normalized spacial score (nSPS) is 12.3. The van der Waals surface area contributed by atoms with Crippen molar-refractivity contribution in [2.24, 2.45) is 0 Å². The number of rotatable bonds is 5. The Balaban J connectivity index is 2.90. The SMILES string of the molecule is Cc1cc(S(=O)(=O)NCC(F)F)sc1CO. The van der Waals surface area contributed by atoms with Gasteiger partial charge in [-0.1, -0.05) is 0 Å². The largest absolute Gasteiger partial charge is 0.391 e. The van der Waals surface area contributed by atoms with Crippen molar-refractivity contribution in [2.45, 2.75) is 24.2 Å². The number of halogens is 2. The predicted octanol–water partition coefficient (Wildman–Crippen LogP) is 1.09. The molecule has 0 unspecified atom stereocenters. The topological polar surface area (TPSA) is 66.4 Å². The molecule has 0 radical (unpaired) electrons. The Labute approximate surface area is 96.0 Å². The molecule has 8 heteroatoms. The second kappa shape index (κ2) is 5.17. The standard InChI is InChI=1S/C8H11F2NO3S2/c1-5-2-8(15-6(5)4-12)16(13,14)11-3-7(9)10/h2,7,11-12H,3-4H2,1H3. The van der Waals surface area contributed by atoms with Crippen molar-refractivity contribution >= 4 is 21.4 Å². The molecule has 0 amide bonds. The van der Waals surface area contributed by atoms with Gasteiger partial charge in [-0.25, -0.2) is 21.9 Å². The summed E-state index contributed by atoms with van der Waals surface area (Å²) in [5.74, 6) is 0. The fraction of sp³-hybridized carbons (Fsp3) is 0.500. The summed E-state index contributed by atoms with van der Waals surface area (Å²) in [5, 5.41) is 8.89. The van der Waals surface area contributed by atoms with Crippen LogP contribution in [0.3, 0.4) is 0 Å². The Bertz CT molecular complexity index is 456. The van der Waals surface area contributed by atoms with Gasteiger partial charge in [0, 0.05) is 4.88 Å². The highest BCUT2D eigenvalue weighted by molar-refractivity contribution is 7.91. The van der Waals surface area contributed by atoms with Crippen LogP contribution in [0.2, 0.25) is 0 Å². The highest BCUT2D eigenvalue weighted by Gasteiger charge is 2.19. The van der Waals surface area contributed by atoms with Crippen LogP contribution >= 0.6 is 11.3 Å². The van der Waals surface area contributed by atoms with E-state index in [-0.39, 0.29) is 10.8 Å². The van der Waals surface area contributed by atoms with Gasteiger partial charge >= 0.3 is 0 Å². The summed E-state index contributed by atoms with van der Waals surface area (Å²) < 4.78 is 48.5. The van der Waals surface area contributed by atoms with Gasteiger partial charge in [0.05, 0.1) is 13.2 Å². The molecule has 1 heterocycles. The Morgan fingerprint density at radius 2 is 2.19 bits per heavy atom. The molecule has 0 atom stereocenters. The van der Waals surface area contributed by atoms with Crippen LogP contribution in [0.15, 0.2) is 10.3 Å². The first-order valence-electron chi connectivity index (χ1n) is 4.35. The van der Waals surface area contributed by atoms with Crippen LogP contribution in [-0.2, 0) is 16.6 Å². The summed E-state index contributed by atoms with van der Waals surface area (Å²) in [4.78, 5) is 0.512. The number of alkyl halides is 2. The van der Waals surface area contributed by atoms with E-state index in [9.17, 15) is 17.2 Å². The molecule has 92 valence electrons. The number of aryl methyl sites for hydroxylation is 1. The molecule has 0 saturated heterocycles. The van der Waals surface area contributed by atoms with Gasteiger partial charge in [-0.2, -0.15) is 0 Å². The van der Waals surface area contributed by atoms with Crippen LogP contribution in [0.25, 0.3) is 0 Å². The summed E-state index contributed by atoms with van der Waals surface area (Å²) in [6.45, 7) is 0.475. The molecule has 0 aliphatic heterocycles. The average molecular weight is 271 g/mol. The van der Waals surface area contributed by atoms with Crippen molar-refractivity contribution in [1.29, 1.82) is 0 Å². The van der Waals surface area contributed by atoms with E-state index >= 15 is 0 Å². The first kappa shape index (κ1) is 13.5. The van der Waals surface area contributed by atoms with Crippen molar-refractivity contribution in [3.8, 4) is 0 Å². The number of aliphatic hydroxyl groups excluding tert-OH is 1. The van der Waals surface area contributed by atoms with E-state index in [4.69, 9.17) is 5.11 Å². The fourth-order valence-corrected chi connectivity index (χ4v) is 3.52. The maximum Gasteiger partial charge on any atom is 0.251 e. The molecule has 1 aromatic heterocycles. The van der Waals surface area contributed by atoms with Crippen molar-refractivity contribution in [1.82, 2.24) is 4.72 Å². The second-order valence-corrected chi connectivity index (χ2v) is 6.20. The van der Waals surface area contributed by atoms with Crippen LogP contribution < -0.4 is 4.72 Å². The maximum absolute atomic E-state index is 11.9. The summed E-state index contributed by atoms with van der Waals surface area (Å²) in [7, 11) is -3.89. The molecule has 0 fully saturated rings. The molecule has 1 aromatic rings. The second-order valence-electron chi connectivity index (χ2n) is 3.07. The van der Waals surface area contributed by atoms with Gasteiger partial charge in [0.1, 0.15) is 4.21 Å². The number of aliphatic hydroxyl groups is 1. The number of hydrogen-bond donors (Lipinski definition) is 2. The van der Waals surface area contributed by atoms with Crippen molar-refractivity contribution in [3.63, 3.8) is 0 Å². The molecule has 2 N–H and O–H groups in total. The zero-order valence-corrected chi connectivity index (χ0v) is 10.0. The van der Waals surface area contributed by atoms with Gasteiger partial charge in [-0.15, -0.1) is 11.3 Å². The lowest BCUT2D eigenvalue weighted by Gasteiger charge is -2.02. The maximum atomic E-state index is 11.9. The van der Waals surface area contributed by atoms with Crippen LogP contribution in [0.5, 0.6) is 0 Å². The highest BCUT2D eigenvalue weighted by atomic mass is 32.2. The summed E-state index contributed by atoms with van der Waals surface area (Å²) in [6.07, 6.45) is -2.73. The summed E-state index contributed by atoms with van der Waals surface area (Å²) in [6, 6.07) is 1.35. The summed E-state index contributed by atoms with van der Waals surface area (Å²) in [5.41, 5.74) is 0.630. The Kier molecular flexibility index (Phi) is 4.36. The number of thiophene rings is 1. The molecule has 0 aliphatic rings. The molecule has 0 saturated carbocycles. The monoisotopic (exact) mass is 271 g/mol. The molecule has 0 aromatic carbocycles. The lowest BCUT2D eigenvalue weighted by Crippen LogP contribution is -2.28. The third-order valence-corrected chi connectivity index (χ3v) is 4.95. The molecule has 0 bridgehead atoms. The van der Waals surface area contributed by atoms with E-state index in [0.29, 0.717) is 10.4 Å². The fourth-order valence-electron chi connectivity index (χ4n) is 1.02. The first-order valence-corrected chi connectivity index (χ1v) is 6.64. The number of hydrogen-bond acceptors (Lipinski definition) is 4. The summed E-state index contributed by atoms with van der Waals surface area (Å²) >= 11 is 0.873. The average Bonchev–Trinajstić information content (AvgIpc) is 2.57. The third kappa shape index (κ3) is 3.21. The predicted molar refractivity (Wildman–Crippen MR) is 56.2 cm³/mol. The van der Waals surface area contributed by atoms with Crippen LogP contribution in [0, 0.1) is 6.92 Å². The van der Waals surface area contributed by atoms with E-state index < -0.39 is 23.0 Å². The molecule has 16 heavy (non-hydrogen) atoms. The van der Waals surface area contributed by atoms with E-state index in [1.54, 1.807) is 11.6 Å². The van der Waals surface area contributed by atoms with E-state index in [1.165, 1.54) is 6.07 Å². The van der Waals surface area contributed by atoms with E-state index in [2.05, 4.69) is 0 Å². The van der Waals surface area contributed by atoms with Crippen molar-refractivity contribution in [3.05, 3.63) is 16.5 Å². The van der Waals surface area contributed by atoms with Crippen LogP contribution in [0.4, 0.5) is 8.78 Å². The Hall–Kier alpha value is -0.570. The molecule has 1 rings (SSSR count). The van der Waals surface area contributed by atoms with Crippen molar-refractivity contribution in [2.75, 3.05) is 6.54 Å². The number of sulfonamides is 1. The quantitative estimate of drug-likeness (QED) is 0.842. The highest BCUT2D eigenvalue weighted by Crippen LogP contribution is 2.25. The lowest BCUT2D eigenvalue weighted by molar-refractivity contribution is 0.153. The minimum Gasteiger partial charge on any atom is -0.391 e. The third-order valence-electron chi connectivity index (χ3n) is 1.83. The lowest BCUT2D eigenvalue weighted by atomic mass is 10.3. The van der Waals surface area contributed by atoms with Gasteiger partial charge in [-0.05, 0) is 18.6 Å². The molecule has 4 nitrogen and oxygen atoms in total. The Morgan fingerprint density at radius 1 is 1.56 bits per heavy atom. The van der Waals surface area contributed by atoms with Crippen LogP contribution in [0.1, 0.15) is 10.4 Å². The minimum absolute atomic E-state index is 0.0605. The van der Waals surface area contributed by atoms with Gasteiger partial charge in [-0.3, -0.25) is 0 Å². The molecule has 0 aliphatic carbocycles. The minimum atomic E-state index is -3.89.